The number of rotatable bonds is 5. The highest BCUT2D eigenvalue weighted by molar-refractivity contribution is 5.07. The minimum Gasteiger partial charge on any atom is -0.396 e. The van der Waals surface area contributed by atoms with Gasteiger partial charge in [-0.05, 0) is 25.2 Å². The lowest BCUT2D eigenvalue weighted by molar-refractivity contribution is -0.0733. The van der Waals surface area contributed by atoms with Gasteiger partial charge < -0.3 is 15.3 Å². The molecule has 0 saturated heterocycles. The van der Waals surface area contributed by atoms with Crippen LogP contribution in [-0.4, -0.2) is 34.1 Å². The van der Waals surface area contributed by atoms with Gasteiger partial charge in [-0.3, -0.25) is 0 Å². The zero-order valence-electron chi connectivity index (χ0n) is 10.5. The summed E-state index contributed by atoms with van der Waals surface area (Å²) in [7, 11) is 0. The molecule has 1 saturated carbocycles. The van der Waals surface area contributed by atoms with Crippen molar-refractivity contribution in [3.05, 3.63) is 24.3 Å². The van der Waals surface area contributed by atoms with E-state index < -0.39 is 12.2 Å². The number of allylic oxidation sites excluding steroid dienone is 4. The maximum Gasteiger partial charge on any atom is 0.0854 e. The molecular weight excluding hydrogens is 216 g/mol. The summed E-state index contributed by atoms with van der Waals surface area (Å²) in [4.78, 5) is 0. The van der Waals surface area contributed by atoms with Gasteiger partial charge in [0.25, 0.3) is 0 Å². The number of hydrogen-bond donors (Lipinski definition) is 3. The highest BCUT2D eigenvalue weighted by Crippen LogP contribution is 2.31. The van der Waals surface area contributed by atoms with Crippen LogP contribution in [0.25, 0.3) is 0 Å². The summed E-state index contributed by atoms with van der Waals surface area (Å²) in [6.07, 6.45) is 10.3. The first kappa shape index (κ1) is 14.4. The van der Waals surface area contributed by atoms with Crippen molar-refractivity contribution in [3.8, 4) is 0 Å². The number of aliphatic hydroxyl groups is 3. The summed E-state index contributed by atoms with van der Waals surface area (Å²) in [6, 6.07) is 0. The van der Waals surface area contributed by atoms with E-state index in [2.05, 4.69) is 13.0 Å². The summed E-state index contributed by atoms with van der Waals surface area (Å²) in [5.41, 5.74) is 0. The van der Waals surface area contributed by atoms with Gasteiger partial charge in [0.2, 0.25) is 0 Å². The molecule has 98 valence electrons. The first-order valence-corrected chi connectivity index (χ1v) is 6.51. The van der Waals surface area contributed by atoms with Crippen LogP contribution in [0.1, 0.15) is 32.6 Å². The predicted molar refractivity (Wildman–Crippen MR) is 68.5 cm³/mol. The SMILES string of the molecule is CCCC=CC=CC1CCC(O)C(O)C1CO. The third-order valence-corrected chi connectivity index (χ3v) is 3.45. The van der Waals surface area contributed by atoms with Crippen molar-refractivity contribution in [1.82, 2.24) is 0 Å². The van der Waals surface area contributed by atoms with Crippen LogP contribution in [0.15, 0.2) is 24.3 Å². The van der Waals surface area contributed by atoms with Crippen molar-refractivity contribution in [3.63, 3.8) is 0 Å². The molecule has 0 bridgehead atoms. The molecule has 1 rings (SSSR count). The molecule has 3 nitrogen and oxygen atoms in total. The van der Waals surface area contributed by atoms with Crippen molar-refractivity contribution in [2.24, 2.45) is 11.8 Å². The quantitative estimate of drug-likeness (QED) is 0.640. The van der Waals surface area contributed by atoms with Gasteiger partial charge in [-0.25, -0.2) is 0 Å². The summed E-state index contributed by atoms with van der Waals surface area (Å²) in [6.45, 7) is 2.06. The van der Waals surface area contributed by atoms with E-state index in [4.69, 9.17) is 0 Å². The Hall–Kier alpha value is -0.640. The fourth-order valence-electron chi connectivity index (χ4n) is 2.32. The van der Waals surface area contributed by atoms with E-state index in [9.17, 15) is 15.3 Å². The van der Waals surface area contributed by atoms with E-state index in [0.29, 0.717) is 6.42 Å². The van der Waals surface area contributed by atoms with Gasteiger partial charge in [-0.1, -0.05) is 37.6 Å². The predicted octanol–water partition coefficient (Wildman–Crippen LogP) is 1.64. The molecule has 1 fully saturated rings. The minimum atomic E-state index is -0.803. The monoisotopic (exact) mass is 240 g/mol. The second-order valence-electron chi connectivity index (χ2n) is 4.75. The summed E-state index contributed by atoms with van der Waals surface area (Å²) >= 11 is 0. The van der Waals surface area contributed by atoms with Crippen molar-refractivity contribution >= 4 is 0 Å². The van der Waals surface area contributed by atoms with E-state index in [0.717, 1.165) is 19.3 Å². The normalized spacial score (nSPS) is 34.8. The highest BCUT2D eigenvalue weighted by Gasteiger charge is 2.35. The fourth-order valence-corrected chi connectivity index (χ4v) is 2.32. The Morgan fingerprint density at radius 3 is 2.59 bits per heavy atom. The van der Waals surface area contributed by atoms with Crippen LogP contribution >= 0.6 is 0 Å². The van der Waals surface area contributed by atoms with Gasteiger partial charge in [-0.2, -0.15) is 0 Å². The van der Waals surface area contributed by atoms with Gasteiger partial charge >= 0.3 is 0 Å². The van der Waals surface area contributed by atoms with Gasteiger partial charge in [0.05, 0.1) is 12.2 Å². The molecule has 17 heavy (non-hydrogen) atoms. The van der Waals surface area contributed by atoms with Crippen molar-refractivity contribution < 1.29 is 15.3 Å². The second-order valence-corrected chi connectivity index (χ2v) is 4.75. The highest BCUT2D eigenvalue weighted by atomic mass is 16.3. The topological polar surface area (TPSA) is 60.7 Å². The molecule has 0 spiro atoms. The van der Waals surface area contributed by atoms with E-state index in [1.807, 2.05) is 18.2 Å². The third kappa shape index (κ3) is 4.26. The van der Waals surface area contributed by atoms with E-state index >= 15 is 0 Å². The summed E-state index contributed by atoms with van der Waals surface area (Å²) in [5, 5.41) is 28.6. The van der Waals surface area contributed by atoms with Crippen LogP contribution in [0.2, 0.25) is 0 Å². The number of aliphatic hydroxyl groups excluding tert-OH is 3. The Morgan fingerprint density at radius 1 is 1.18 bits per heavy atom. The lowest BCUT2D eigenvalue weighted by Crippen LogP contribution is -2.43. The molecule has 0 heterocycles. The fraction of sp³-hybridized carbons (Fsp3) is 0.714. The average molecular weight is 240 g/mol. The molecular formula is C14H24O3. The van der Waals surface area contributed by atoms with E-state index in [1.54, 1.807) is 0 Å². The Labute approximate surface area is 103 Å². The van der Waals surface area contributed by atoms with Crippen LogP contribution in [0.5, 0.6) is 0 Å². The zero-order chi connectivity index (χ0) is 12.7. The molecule has 0 aromatic carbocycles. The summed E-state index contributed by atoms with van der Waals surface area (Å²) < 4.78 is 0. The molecule has 4 atom stereocenters. The second kappa shape index (κ2) is 7.64. The van der Waals surface area contributed by atoms with Crippen LogP contribution in [0.3, 0.4) is 0 Å². The van der Waals surface area contributed by atoms with Crippen LogP contribution in [0.4, 0.5) is 0 Å². The first-order valence-electron chi connectivity index (χ1n) is 6.51. The average Bonchev–Trinajstić information content (AvgIpc) is 2.33. The Bertz CT molecular complexity index is 260. The van der Waals surface area contributed by atoms with Gasteiger partial charge in [0.1, 0.15) is 0 Å². The Morgan fingerprint density at radius 2 is 1.94 bits per heavy atom. The van der Waals surface area contributed by atoms with Gasteiger partial charge in [0, 0.05) is 12.5 Å². The summed E-state index contributed by atoms with van der Waals surface area (Å²) in [5.74, 6) is -0.0840. The Kier molecular flexibility index (Phi) is 6.48. The molecule has 4 unspecified atom stereocenters. The van der Waals surface area contributed by atoms with Crippen molar-refractivity contribution in [2.45, 2.75) is 44.8 Å². The van der Waals surface area contributed by atoms with Crippen LogP contribution < -0.4 is 0 Å². The lowest BCUT2D eigenvalue weighted by atomic mass is 9.76. The molecule has 0 aromatic rings. The zero-order valence-corrected chi connectivity index (χ0v) is 10.5. The third-order valence-electron chi connectivity index (χ3n) is 3.45. The van der Waals surface area contributed by atoms with E-state index in [-0.39, 0.29) is 18.4 Å². The van der Waals surface area contributed by atoms with E-state index in [1.165, 1.54) is 0 Å². The largest absolute Gasteiger partial charge is 0.396 e. The van der Waals surface area contributed by atoms with Crippen LogP contribution in [0, 0.1) is 11.8 Å². The maximum atomic E-state index is 9.79. The number of hydrogen-bond acceptors (Lipinski definition) is 3. The minimum absolute atomic E-state index is 0.0775. The number of unbranched alkanes of at least 4 members (excludes halogenated alkanes) is 1. The molecule has 1 aliphatic carbocycles. The maximum absolute atomic E-state index is 9.79. The van der Waals surface area contributed by atoms with Crippen LogP contribution in [-0.2, 0) is 0 Å². The molecule has 0 amide bonds. The van der Waals surface area contributed by atoms with Crippen molar-refractivity contribution in [2.75, 3.05) is 6.61 Å². The molecule has 3 N–H and O–H groups in total. The molecule has 0 radical (unpaired) electrons. The molecule has 3 heteroatoms. The van der Waals surface area contributed by atoms with Gasteiger partial charge in [-0.15, -0.1) is 0 Å². The molecule has 0 aromatic heterocycles. The van der Waals surface area contributed by atoms with Crippen molar-refractivity contribution in [1.29, 1.82) is 0 Å². The lowest BCUT2D eigenvalue weighted by Gasteiger charge is -2.36. The smallest absolute Gasteiger partial charge is 0.0854 e. The molecule has 0 aliphatic heterocycles. The first-order chi connectivity index (χ1) is 8.20. The standard InChI is InChI=1S/C14H24O3/c1-2-3-4-5-6-7-11-8-9-13(16)14(17)12(11)10-15/h4-7,11-17H,2-3,8-10H2,1H3. The van der Waals surface area contributed by atoms with Gasteiger partial charge in [0.15, 0.2) is 0 Å². The Balaban J connectivity index is 2.51. The molecule has 1 aliphatic rings.